The summed E-state index contributed by atoms with van der Waals surface area (Å²) in [5.41, 5.74) is 5.89. The van der Waals surface area contributed by atoms with Crippen molar-refractivity contribution in [1.29, 1.82) is 0 Å². The second-order valence-electron chi connectivity index (χ2n) is 14.8. The van der Waals surface area contributed by atoms with Crippen LogP contribution >= 0.6 is 0 Å². The number of rotatable bonds is 14. The average Bonchev–Trinajstić information content (AvgIpc) is 3.59. The Bertz CT molecular complexity index is 1330. The number of aliphatic hydroxyl groups is 1. The molecule has 1 amide bonds. The van der Waals surface area contributed by atoms with Gasteiger partial charge in [0.2, 0.25) is 5.91 Å². The van der Waals surface area contributed by atoms with Crippen LogP contribution in [0.1, 0.15) is 158 Å². The first kappa shape index (κ1) is 32.5. The summed E-state index contributed by atoms with van der Waals surface area (Å²) in [6, 6.07) is 7.56. The average molecular weight is 615 g/mol. The van der Waals surface area contributed by atoms with Crippen LogP contribution in [0.5, 0.6) is 0 Å². The third-order valence-electron chi connectivity index (χ3n) is 11.8. The van der Waals surface area contributed by atoms with E-state index in [2.05, 4.69) is 40.7 Å². The molecule has 0 bridgehead atoms. The van der Waals surface area contributed by atoms with Crippen molar-refractivity contribution in [2.24, 2.45) is 11.8 Å². The van der Waals surface area contributed by atoms with E-state index in [0.29, 0.717) is 24.5 Å². The molecule has 4 atom stereocenters. The Hall–Kier alpha value is -2.40. The Balaban J connectivity index is 0.981. The molecular weight excluding hydrogens is 556 g/mol. The molecule has 246 valence electrons. The summed E-state index contributed by atoms with van der Waals surface area (Å²) in [4.78, 5) is 28.4. The van der Waals surface area contributed by atoms with Gasteiger partial charge in [-0.2, -0.15) is 0 Å². The van der Waals surface area contributed by atoms with Gasteiger partial charge in [0.05, 0.1) is 12.1 Å². The largest absolute Gasteiger partial charge is 0.389 e. The number of aliphatic hydroxyl groups excluding tert-OH is 1. The number of aryl methyl sites for hydroxylation is 1. The highest BCUT2D eigenvalue weighted by Gasteiger charge is 2.37. The van der Waals surface area contributed by atoms with E-state index in [-0.39, 0.29) is 24.0 Å². The minimum absolute atomic E-state index is 0.116. The molecule has 5 heteroatoms. The summed E-state index contributed by atoms with van der Waals surface area (Å²) < 4.78 is 2.56. The minimum Gasteiger partial charge on any atom is -0.389 e. The zero-order valence-electron chi connectivity index (χ0n) is 28.0. The highest BCUT2D eigenvalue weighted by molar-refractivity contribution is 5.88. The number of fused-ring (bicyclic) bond motifs is 3. The van der Waals surface area contributed by atoms with Crippen LogP contribution in [0.3, 0.4) is 0 Å². The molecule has 4 aliphatic rings. The lowest BCUT2D eigenvalue weighted by atomic mass is 9.83. The van der Waals surface area contributed by atoms with Crippen molar-refractivity contribution in [3.8, 4) is 0 Å². The number of hydrogen-bond acceptors (Lipinski definition) is 3. The van der Waals surface area contributed by atoms with Gasteiger partial charge in [-0.25, -0.2) is 0 Å². The number of ketones is 1. The van der Waals surface area contributed by atoms with Gasteiger partial charge in [0, 0.05) is 48.4 Å². The van der Waals surface area contributed by atoms with Gasteiger partial charge >= 0.3 is 0 Å². The van der Waals surface area contributed by atoms with E-state index in [4.69, 9.17) is 0 Å². The minimum atomic E-state index is -0.381. The molecule has 6 rings (SSSR count). The zero-order chi connectivity index (χ0) is 31.2. The highest BCUT2D eigenvalue weighted by atomic mass is 16.3. The molecule has 1 N–H and O–H groups in total. The van der Waals surface area contributed by atoms with Gasteiger partial charge in [-0.1, -0.05) is 82.9 Å². The number of nitrogens with zero attached hydrogens (tertiary/aromatic N) is 2. The van der Waals surface area contributed by atoms with Crippen LogP contribution in [-0.2, 0) is 22.6 Å². The summed E-state index contributed by atoms with van der Waals surface area (Å²) in [6.07, 6.45) is 25.4. The lowest BCUT2D eigenvalue weighted by molar-refractivity contribution is -0.135. The van der Waals surface area contributed by atoms with Crippen molar-refractivity contribution >= 4 is 22.6 Å². The maximum absolute atomic E-state index is 13.6. The number of unbranched alkanes of at least 4 members (excludes halogenated alkanes) is 5. The molecule has 2 heterocycles. The van der Waals surface area contributed by atoms with E-state index in [9.17, 15) is 14.7 Å². The molecule has 2 fully saturated rings. The van der Waals surface area contributed by atoms with Crippen LogP contribution in [0.15, 0.2) is 30.4 Å². The second-order valence-corrected chi connectivity index (χ2v) is 14.8. The molecule has 5 nitrogen and oxygen atoms in total. The Morgan fingerprint density at radius 3 is 2.64 bits per heavy atom. The van der Waals surface area contributed by atoms with Gasteiger partial charge in [0.25, 0.3) is 0 Å². The van der Waals surface area contributed by atoms with E-state index >= 15 is 0 Å². The summed E-state index contributed by atoms with van der Waals surface area (Å²) >= 11 is 0. The summed E-state index contributed by atoms with van der Waals surface area (Å²) in [5.74, 6) is 1.86. The first-order chi connectivity index (χ1) is 22.0. The number of aromatic nitrogens is 1. The second kappa shape index (κ2) is 15.5. The van der Waals surface area contributed by atoms with E-state index in [1.165, 1.54) is 66.2 Å². The predicted molar refractivity (Wildman–Crippen MR) is 183 cm³/mol. The quantitative estimate of drug-likeness (QED) is 0.170. The maximum Gasteiger partial charge on any atom is 0.223 e. The fraction of sp³-hybridized carbons (Fsp3) is 0.700. The van der Waals surface area contributed by atoms with E-state index < -0.39 is 0 Å². The molecule has 45 heavy (non-hydrogen) atoms. The van der Waals surface area contributed by atoms with Crippen LogP contribution in [-0.4, -0.2) is 38.9 Å². The van der Waals surface area contributed by atoms with Crippen LogP contribution in [0, 0.1) is 11.8 Å². The fourth-order valence-corrected chi connectivity index (χ4v) is 9.26. The van der Waals surface area contributed by atoms with E-state index in [1.807, 2.05) is 6.08 Å². The molecule has 2 aromatic rings. The molecule has 1 aromatic carbocycles. The number of carbonyl (C=O) groups is 2. The van der Waals surface area contributed by atoms with Crippen molar-refractivity contribution in [2.75, 3.05) is 6.54 Å². The Labute approximate surface area is 271 Å². The summed E-state index contributed by atoms with van der Waals surface area (Å²) in [5, 5.41) is 11.7. The molecule has 0 spiro atoms. The van der Waals surface area contributed by atoms with Crippen LogP contribution < -0.4 is 0 Å². The molecule has 0 radical (unpaired) electrons. The number of benzene rings is 1. The Morgan fingerprint density at radius 1 is 0.956 bits per heavy atom. The first-order valence-corrected chi connectivity index (χ1v) is 18.9. The van der Waals surface area contributed by atoms with Crippen molar-refractivity contribution < 1.29 is 14.7 Å². The van der Waals surface area contributed by atoms with Crippen LogP contribution in [0.2, 0.25) is 0 Å². The fourth-order valence-electron chi connectivity index (χ4n) is 9.26. The topological polar surface area (TPSA) is 62.5 Å². The van der Waals surface area contributed by atoms with Crippen molar-refractivity contribution in [2.45, 2.75) is 160 Å². The summed E-state index contributed by atoms with van der Waals surface area (Å²) in [6.45, 7) is 3.92. The SMILES string of the molecule is CCCCC[C@H](O)C=C[C@@H]1CCC(=O)[C@@H]1CCCCCCC(=O)N1CCn2c3c(c4cc(C5CCCCC5)ccc42)CCC[C@@H]31. The van der Waals surface area contributed by atoms with Crippen molar-refractivity contribution in [1.82, 2.24) is 9.47 Å². The molecule has 0 unspecified atom stereocenters. The van der Waals surface area contributed by atoms with Gasteiger partial charge < -0.3 is 14.6 Å². The van der Waals surface area contributed by atoms with Crippen molar-refractivity contribution in [3.05, 3.63) is 47.2 Å². The van der Waals surface area contributed by atoms with E-state index in [0.717, 1.165) is 96.1 Å². The number of hydrogen-bond donors (Lipinski definition) is 1. The van der Waals surface area contributed by atoms with E-state index in [1.54, 1.807) is 0 Å². The van der Waals surface area contributed by atoms with Crippen LogP contribution in [0.25, 0.3) is 10.9 Å². The van der Waals surface area contributed by atoms with Gasteiger partial charge in [0.1, 0.15) is 5.78 Å². The maximum atomic E-state index is 13.6. The molecule has 1 aromatic heterocycles. The number of allylic oxidation sites excluding steroid dienone is 1. The molecule has 2 saturated carbocycles. The van der Waals surface area contributed by atoms with Gasteiger partial charge in [-0.05, 0) is 92.9 Å². The number of Topliss-reactive ketones (excluding diaryl/α,β-unsaturated/α-hetero) is 1. The van der Waals surface area contributed by atoms with Crippen molar-refractivity contribution in [3.63, 3.8) is 0 Å². The lowest BCUT2D eigenvalue weighted by Gasteiger charge is -2.40. The molecule has 1 aliphatic heterocycles. The van der Waals surface area contributed by atoms with Gasteiger partial charge in [-0.15, -0.1) is 0 Å². The third-order valence-corrected chi connectivity index (χ3v) is 11.8. The smallest absolute Gasteiger partial charge is 0.223 e. The standard InChI is InChI=1S/C40H58N2O3/c1-2-3-7-15-32(43)23-20-30-22-25-38(44)33(30)16-10-4-5-11-19-39(45)41-26-27-42-36-24-21-31(29-13-8-6-9-14-29)28-35(36)34-17-12-18-37(41)40(34)42/h20-21,23-24,28-30,32-33,37,43H,2-19,22,25-27H2,1H3/t30-,32+,33-,37+/m1/s1. The predicted octanol–water partition coefficient (Wildman–Crippen LogP) is 9.34. The highest BCUT2D eigenvalue weighted by Crippen LogP contribution is 2.44. The number of amides is 1. The lowest BCUT2D eigenvalue weighted by Crippen LogP contribution is -2.43. The zero-order valence-corrected chi connectivity index (χ0v) is 28.0. The molecular formula is C40H58N2O3. The normalized spacial score (nSPS) is 24.5. The first-order valence-electron chi connectivity index (χ1n) is 18.9. The van der Waals surface area contributed by atoms with Crippen LogP contribution in [0.4, 0.5) is 0 Å². The number of carbonyl (C=O) groups excluding carboxylic acids is 2. The molecule has 0 saturated heterocycles. The van der Waals surface area contributed by atoms with Gasteiger partial charge in [0.15, 0.2) is 0 Å². The monoisotopic (exact) mass is 614 g/mol. The summed E-state index contributed by atoms with van der Waals surface area (Å²) in [7, 11) is 0. The third kappa shape index (κ3) is 7.45. The van der Waals surface area contributed by atoms with Gasteiger partial charge in [-0.3, -0.25) is 9.59 Å². The molecule has 3 aliphatic carbocycles. The Kier molecular flexibility index (Phi) is 11.2. The Morgan fingerprint density at radius 2 is 1.80 bits per heavy atom.